The Morgan fingerprint density at radius 3 is 2.86 bits per heavy atom. The van der Waals surface area contributed by atoms with Gasteiger partial charge in [0, 0.05) is 5.38 Å². The van der Waals surface area contributed by atoms with Crippen molar-refractivity contribution >= 4 is 16.5 Å². The summed E-state index contributed by atoms with van der Waals surface area (Å²) in [5.74, 6) is 1.23. The average molecular weight is 210 g/mol. The lowest BCUT2D eigenvalue weighted by Crippen LogP contribution is -1.99. The second kappa shape index (κ2) is 3.75. The monoisotopic (exact) mass is 210 g/mol. The van der Waals surface area contributed by atoms with Crippen LogP contribution in [-0.2, 0) is 6.54 Å². The second-order valence-corrected chi connectivity index (χ2v) is 3.74. The molecule has 0 aliphatic heterocycles. The van der Waals surface area contributed by atoms with E-state index >= 15 is 0 Å². The molecule has 2 aromatic rings. The zero-order chi connectivity index (χ0) is 9.97. The molecule has 1 N–H and O–H groups in total. The lowest BCUT2D eigenvalue weighted by molar-refractivity contribution is 0.379. The maximum atomic E-state index is 4.95. The Bertz CT molecular complexity index is 382. The molecule has 0 aliphatic carbocycles. The lowest BCUT2D eigenvalue weighted by atomic mass is 10.6. The molecule has 0 fully saturated rings. The van der Waals surface area contributed by atoms with Crippen LogP contribution in [0.3, 0.4) is 0 Å². The van der Waals surface area contributed by atoms with Crippen molar-refractivity contribution in [2.45, 2.75) is 20.4 Å². The third-order valence-electron chi connectivity index (χ3n) is 1.58. The number of aromatic nitrogens is 3. The standard InChI is InChI=1S/C8H10N4OS/c1-5-4-14-8(10-5)9-3-7-11-6(2)12-13-7/h4H,3H2,1-2H3,(H,9,10). The highest BCUT2D eigenvalue weighted by Crippen LogP contribution is 2.14. The summed E-state index contributed by atoms with van der Waals surface area (Å²) in [4.78, 5) is 8.32. The molecule has 0 bridgehead atoms. The molecule has 0 amide bonds. The molecule has 0 radical (unpaired) electrons. The Labute approximate surface area is 85.2 Å². The van der Waals surface area contributed by atoms with Crippen LogP contribution in [0.4, 0.5) is 5.13 Å². The molecule has 14 heavy (non-hydrogen) atoms. The Hall–Kier alpha value is -1.43. The minimum Gasteiger partial charge on any atom is -0.352 e. The van der Waals surface area contributed by atoms with Crippen molar-refractivity contribution in [3.63, 3.8) is 0 Å². The molecule has 6 heteroatoms. The first-order chi connectivity index (χ1) is 6.74. The third-order valence-corrected chi connectivity index (χ3v) is 2.50. The van der Waals surface area contributed by atoms with E-state index in [1.54, 1.807) is 18.3 Å². The number of thiazole rings is 1. The van der Waals surface area contributed by atoms with E-state index in [1.807, 2.05) is 12.3 Å². The van der Waals surface area contributed by atoms with Gasteiger partial charge in [-0.3, -0.25) is 0 Å². The molecule has 0 saturated heterocycles. The highest BCUT2D eigenvalue weighted by atomic mass is 32.1. The first kappa shape index (κ1) is 9.14. The molecule has 0 unspecified atom stereocenters. The Morgan fingerprint density at radius 2 is 2.29 bits per heavy atom. The molecule has 0 aromatic carbocycles. The van der Waals surface area contributed by atoms with Gasteiger partial charge in [0.2, 0.25) is 5.89 Å². The Kier molecular flexibility index (Phi) is 2.45. The van der Waals surface area contributed by atoms with Crippen LogP contribution in [-0.4, -0.2) is 15.1 Å². The highest BCUT2D eigenvalue weighted by Gasteiger charge is 2.03. The number of hydrogen-bond donors (Lipinski definition) is 1. The van der Waals surface area contributed by atoms with Gasteiger partial charge in [-0.25, -0.2) is 4.98 Å². The molecular weight excluding hydrogens is 200 g/mol. The fourth-order valence-corrected chi connectivity index (χ4v) is 1.69. The van der Waals surface area contributed by atoms with Gasteiger partial charge in [0.1, 0.15) is 0 Å². The van der Waals surface area contributed by atoms with Gasteiger partial charge < -0.3 is 9.84 Å². The molecule has 0 saturated carbocycles. The summed E-state index contributed by atoms with van der Waals surface area (Å²) in [6, 6.07) is 0. The summed E-state index contributed by atoms with van der Waals surface area (Å²) in [6.45, 7) is 4.27. The molecule has 2 rings (SSSR count). The third kappa shape index (κ3) is 2.08. The number of hydrogen-bond acceptors (Lipinski definition) is 6. The smallest absolute Gasteiger partial charge is 0.246 e. The van der Waals surface area contributed by atoms with E-state index < -0.39 is 0 Å². The van der Waals surface area contributed by atoms with Gasteiger partial charge in [-0.15, -0.1) is 11.3 Å². The lowest BCUT2D eigenvalue weighted by Gasteiger charge is -1.95. The maximum Gasteiger partial charge on any atom is 0.246 e. The fraction of sp³-hybridized carbons (Fsp3) is 0.375. The minimum atomic E-state index is 0.522. The van der Waals surface area contributed by atoms with Crippen molar-refractivity contribution in [2.75, 3.05) is 5.32 Å². The quantitative estimate of drug-likeness (QED) is 0.836. The first-order valence-corrected chi connectivity index (χ1v) is 5.07. The summed E-state index contributed by atoms with van der Waals surface area (Å²) in [6.07, 6.45) is 0. The summed E-state index contributed by atoms with van der Waals surface area (Å²) in [5.41, 5.74) is 1.01. The SMILES string of the molecule is Cc1csc(NCc2nc(C)no2)n1. The molecule has 0 aliphatic rings. The van der Waals surface area contributed by atoms with Gasteiger partial charge >= 0.3 is 0 Å². The van der Waals surface area contributed by atoms with Gasteiger partial charge in [0.05, 0.1) is 12.2 Å². The second-order valence-electron chi connectivity index (χ2n) is 2.88. The van der Waals surface area contributed by atoms with E-state index in [1.165, 1.54) is 0 Å². The number of nitrogens with one attached hydrogen (secondary N) is 1. The summed E-state index contributed by atoms with van der Waals surface area (Å²) in [5, 5.41) is 9.66. The van der Waals surface area contributed by atoms with Crippen LogP contribution in [0.2, 0.25) is 0 Å². The van der Waals surface area contributed by atoms with Crippen LogP contribution < -0.4 is 5.32 Å². The molecule has 0 atom stereocenters. The summed E-state index contributed by atoms with van der Waals surface area (Å²) < 4.78 is 4.95. The zero-order valence-corrected chi connectivity index (χ0v) is 8.76. The van der Waals surface area contributed by atoms with Crippen LogP contribution in [0.15, 0.2) is 9.90 Å². The molecule has 2 heterocycles. The van der Waals surface area contributed by atoms with Crippen molar-refractivity contribution < 1.29 is 4.52 Å². The van der Waals surface area contributed by atoms with Crippen molar-refractivity contribution in [3.8, 4) is 0 Å². The molecule has 2 aromatic heterocycles. The number of rotatable bonds is 3. The van der Waals surface area contributed by atoms with Crippen LogP contribution in [0.25, 0.3) is 0 Å². The van der Waals surface area contributed by atoms with Crippen LogP contribution in [0.1, 0.15) is 17.4 Å². The van der Waals surface area contributed by atoms with Crippen LogP contribution in [0, 0.1) is 13.8 Å². The normalized spacial score (nSPS) is 10.4. The minimum absolute atomic E-state index is 0.522. The van der Waals surface area contributed by atoms with E-state index in [0.717, 1.165) is 10.8 Å². The number of anilines is 1. The average Bonchev–Trinajstić information content (AvgIpc) is 2.72. The van der Waals surface area contributed by atoms with E-state index in [-0.39, 0.29) is 0 Å². The van der Waals surface area contributed by atoms with Gasteiger partial charge in [-0.1, -0.05) is 5.16 Å². The van der Waals surface area contributed by atoms with E-state index in [4.69, 9.17) is 4.52 Å². The summed E-state index contributed by atoms with van der Waals surface area (Å²) in [7, 11) is 0. The summed E-state index contributed by atoms with van der Waals surface area (Å²) >= 11 is 1.56. The fourth-order valence-electron chi connectivity index (χ4n) is 0.998. The maximum absolute atomic E-state index is 4.95. The molecule has 0 spiro atoms. The Morgan fingerprint density at radius 1 is 1.43 bits per heavy atom. The molecule has 5 nitrogen and oxygen atoms in total. The number of nitrogens with zero attached hydrogens (tertiary/aromatic N) is 3. The topological polar surface area (TPSA) is 63.8 Å². The predicted octanol–water partition coefficient (Wildman–Crippen LogP) is 1.76. The zero-order valence-electron chi connectivity index (χ0n) is 7.94. The molecular formula is C8H10N4OS. The predicted molar refractivity (Wildman–Crippen MR) is 53.2 cm³/mol. The van der Waals surface area contributed by atoms with Crippen molar-refractivity contribution in [1.29, 1.82) is 0 Å². The van der Waals surface area contributed by atoms with Crippen molar-refractivity contribution in [2.24, 2.45) is 0 Å². The van der Waals surface area contributed by atoms with E-state index in [0.29, 0.717) is 18.3 Å². The first-order valence-electron chi connectivity index (χ1n) is 4.19. The largest absolute Gasteiger partial charge is 0.352 e. The van der Waals surface area contributed by atoms with Crippen molar-refractivity contribution in [3.05, 3.63) is 22.8 Å². The highest BCUT2D eigenvalue weighted by molar-refractivity contribution is 7.13. The van der Waals surface area contributed by atoms with E-state index in [2.05, 4.69) is 20.4 Å². The van der Waals surface area contributed by atoms with Crippen LogP contribution >= 0.6 is 11.3 Å². The van der Waals surface area contributed by atoms with Gasteiger partial charge in [-0.05, 0) is 13.8 Å². The van der Waals surface area contributed by atoms with Gasteiger partial charge in [0.15, 0.2) is 11.0 Å². The molecule has 74 valence electrons. The van der Waals surface area contributed by atoms with E-state index in [9.17, 15) is 0 Å². The number of aryl methyl sites for hydroxylation is 2. The van der Waals surface area contributed by atoms with Gasteiger partial charge in [0.25, 0.3) is 0 Å². The van der Waals surface area contributed by atoms with Crippen LogP contribution in [0.5, 0.6) is 0 Å². The Balaban J connectivity index is 1.94. The van der Waals surface area contributed by atoms with Crippen molar-refractivity contribution in [1.82, 2.24) is 15.1 Å². The van der Waals surface area contributed by atoms with Gasteiger partial charge in [-0.2, -0.15) is 4.98 Å².